The maximum atomic E-state index is 13.5. The Morgan fingerprint density at radius 2 is 1.89 bits per heavy atom. The Hall–Kier alpha value is -2.17. The van der Waals surface area contributed by atoms with E-state index in [1.54, 1.807) is 10.6 Å². The van der Waals surface area contributed by atoms with Crippen molar-refractivity contribution in [3.8, 4) is 0 Å². The number of nitrogens with two attached hydrogens (primary N) is 2. The number of hydrogen-bond donors (Lipinski definition) is 6. The Bertz CT molecular complexity index is 2030. The number of nitrogens with one attached hydrogen (secondary N) is 1. The number of phosphoric acid groups is 1. The van der Waals surface area contributed by atoms with Gasteiger partial charge in [0.1, 0.15) is 34.8 Å². The summed E-state index contributed by atoms with van der Waals surface area (Å²) >= 11 is 11.3. The highest BCUT2D eigenvalue weighted by Gasteiger charge is 2.65. The second kappa shape index (κ2) is 10.9. The van der Waals surface area contributed by atoms with E-state index in [2.05, 4.69) is 37.2 Å². The van der Waals surface area contributed by atoms with Crippen LogP contribution in [0.1, 0.15) is 11.6 Å². The van der Waals surface area contributed by atoms with E-state index >= 15 is 0 Å². The molecule has 4 aromatic heterocycles. The molecule has 4 aliphatic heterocycles. The van der Waals surface area contributed by atoms with E-state index < -0.39 is 72.6 Å². The molecule has 246 valence electrons. The number of fused-ring (bicyclic) bond motifs is 4. The normalized spacial score (nSPS) is 39.7. The molecular weight excluding hydrogens is 708 g/mol. The van der Waals surface area contributed by atoms with Gasteiger partial charge in [-0.3, -0.25) is 28.0 Å². The number of aliphatic hydroxyl groups excluding tert-OH is 1. The second-order valence-corrected chi connectivity index (χ2v) is 19.0. The van der Waals surface area contributed by atoms with Crippen LogP contribution in [0.25, 0.3) is 22.3 Å². The Kier molecular flexibility index (Phi) is 7.39. The molecule has 0 spiro atoms. The maximum Gasteiger partial charge on any atom is 0.472 e. The van der Waals surface area contributed by atoms with Gasteiger partial charge in [-0.25, -0.2) is 19.5 Å². The lowest BCUT2D eigenvalue weighted by Crippen LogP contribution is -2.45. The van der Waals surface area contributed by atoms with Gasteiger partial charge < -0.3 is 40.0 Å². The van der Waals surface area contributed by atoms with Crippen molar-refractivity contribution in [3.63, 3.8) is 0 Å². The molecule has 4 aliphatic rings. The Labute approximate surface area is 272 Å². The summed E-state index contributed by atoms with van der Waals surface area (Å²) in [6.07, 6.45) is -1.07. The van der Waals surface area contributed by atoms with Gasteiger partial charge in [0, 0.05) is 6.20 Å². The van der Waals surface area contributed by atoms with E-state index in [9.17, 15) is 19.4 Å². The standard InChI is InChI=1S/C22H25N9O10P2S3/c23-8-1-2-25-16-10(8)26-6-30(16)19-14-15-22(39-19,4-36-14)5-38-42(34,35)40-13-12(32)9(3-37-43(44,45)41-15)46-20(13)31-7-27-11-17(31)28-21(24)29-18(11)33/h1-2,6-7,9,12-15,19-20,32H,3-5H2,(H2,23,25)(H,34,35)(H,44,45)(H3,24,28,29,33)/t9-,12-,13-,14-,15+,19-,20-,22-/m1/s1. The monoisotopic (exact) mass is 733 g/mol. The molecule has 46 heavy (non-hydrogen) atoms. The number of phosphoric ester groups is 1. The summed E-state index contributed by atoms with van der Waals surface area (Å²) in [5.74, 6) is -0.171. The minimum absolute atomic E-state index is 0.0303. The van der Waals surface area contributed by atoms with Crippen LogP contribution in [0, 0.1) is 0 Å². The Morgan fingerprint density at radius 1 is 1.11 bits per heavy atom. The number of aliphatic hydroxyl groups is 1. The first kappa shape index (κ1) is 31.1. The largest absolute Gasteiger partial charge is 0.472 e. The number of ether oxygens (including phenoxy) is 2. The molecule has 10 atom stereocenters. The van der Waals surface area contributed by atoms with Crippen LogP contribution in [0.2, 0.25) is 0 Å². The van der Waals surface area contributed by atoms with Crippen LogP contribution >= 0.6 is 37.5 Å². The zero-order valence-electron chi connectivity index (χ0n) is 23.1. The number of thioether (sulfide) groups is 1. The third-order valence-corrected chi connectivity index (χ3v) is 12.8. The number of anilines is 2. The van der Waals surface area contributed by atoms with Crippen molar-refractivity contribution >= 4 is 83.3 Å². The van der Waals surface area contributed by atoms with Gasteiger partial charge in [0.05, 0.1) is 49.5 Å². The summed E-state index contributed by atoms with van der Waals surface area (Å²) in [5, 5.41) is 9.61. The van der Waals surface area contributed by atoms with Crippen molar-refractivity contribution in [1.82, 2.24) is 34.1 Å². The third-order valence-electron chi connectivity index (χ3n) is 8.15. The summed E-state index contributed by atoms with van der Waals surface area (Å²) in [6.45, 7) is -0.831. The highest BCUT2D eigenvalue weighted by atomic mass is 32.9. The minimum Gasteiger partial charge on any atom is -0.397 e. The van der Waals surface area contributed by atoms with E-state index in [0.717, 1.165) is 11.8 Å². The number of thiol groups is 1. The number of rotatable bonds is 2. The number of aromatic amines is 1. The average Bonchev–Trinajstić information content (AvgIpc) is 3.80. The van der Waals surface area contributed by atoms with Crippen molar-refractivity contribution in [2.75, 3.05) is 31.3 Å². The molecule has 8 rings (SSSR count). The predicted octanol–water partition coefficient (Wildman–Crippen LogP) is 0.442. The summed E-state index contributed by atoms with van der Waals surface area (Å²) in [7, 11) is -4.93. The van der Waals surface area contributed by atoms with Crippen molar-refractivity contribution < 1.29 is 42.1 Å². The molecule has 4 fully saturated rings. The van der Waals surface area contributed by atoms with Gasteiger partial charge in [0.2, 0.25) is 11.6 Å². The minimum atomic E-state index is -4.93. The van der Waals surface area contributed by atoms with E-state index in [-0.39, 0.29) is 30.3 Å². The van der Waals surface area contributed by atoms with Gasteiger partial charge in [-0.1, -0.05) is 12.2 Å². The molecule has 0 amide bonds. The maximum absolute atomic E-state index is 13.5. The first-order valence-electron chi connectivity index (χ1n) is 13.6. The molecular formula is C22H25N9O10P2S3. The van der Waals surface area contributed by atoms with Gasteiger partial charge >= 0.3 is 7.82 Å². The number of hydrogen-bond acceptors (Lipinski definition) is 17. The van der Waals surface area contributed by atoms with E-state index in [4.69, 9.17) is 50.8 Å². The van der Waals surface area contributed by atoms with Crippen LogP contribution in [-0.4, -0.2) is 99.1 Å². The first-order valence-corrected chi connectivity index (χ1v) is 19.8. The van der Waals surface area contributed by atoms with Gasteiger partial charge in [-0.15, -0.1) is 11.8 Å². The molecule has 0 saturated carbocycles. The number of pyridine rings is 1. The summed E-state index contributed by atoms with van der Waals surface area (Å²) < 4.78 is 52.5. The predicted molar refractivity (Wildman–Crippen MR) is 168 cm³/mol. The summed E-state index contributed by atoms with van der Waals surface area (Å²) in [6, 6.07) is 1.62. The number of nitrogen functional groups attached to an aromatic ring is 2. The summed E-state index contributed by atoms with van der Waals surface area (Å²) in [5.41, 5.74) is 7.72. The zero-order valence-corrected chi connectivity index (χ0v) is 27.4. The fraction of sp³-hybridized carbons (Fsp3) is 0.500. The molecule has 7 N–H and O–H groups in total. The average molecular weight is 734 g/mol. The molecule has 4 saturated heterocycles. The molecule has 0 radical (unpaired) electrons. The Morgan fingerprint density at radius 3 is 2.72 bits per heavy atom. The second-order valence-electron chi connectivity index (χ2n) is 11.0. The SMILES string of the molecule is Nc1nc2c(ncn2[C@@H]2S[C@@H]3COP(=S)(S)O[C@H]4[C@H]5OC[C@]4(COP(=O)(O)O[C@@H]2[C@@H]3O)O[C@H]5n2cnc3c(N)ccnc32)c(=O)[nH]1. The zero-order chi connectivity index (χ0) is 32.2. The van der Waals surface area contributed by atoms with Gasteiger partial charge in [0.15, 0.2) is 23.0 Å². The third kappa shape index (κ3) is 5.02. The van der Waals surface area contributed by atoms with E-state index in [1.807, 2.05) is 0 Å². The molecule has 0 aromatic carbocycles. The molecule has 0 aliphatic carbocycles. The lowest BCUT2D eigenvalue weighted by molar-refractivity contribution is -0.184. The molecule has 8 heterocycles. The molecule has 4 bridgehead atoms. The van der Waals surface area contributed by atoms with Gasteiger partial charge in [-0.05, 0) is 17.9 Å². The highest BCUT2D eigenvalue weighted by Crippen LogP contribution is 2.62. The fourth-order valence-corrected chi connectivity index (χ4v) is 10.7. The number of imidazole rings is 2. The molecule has 19 nitrogen and oxygen atoms in total. The van der Waals surface area contributed by atoms with Crippen molar-refractivity contribution in [3.05, 3.63) is 35.3 Å². The lowest BCUT2D eigenvalue weighted by Gasteiger charge is -2.33. The van der Waals surface area contributed by atoms with Gasteiger partial charge in [0.25, 0.3) is 5.56 Å². The smallest absolute Gasteiger partial charge is 0.397 e. The molecule has 4 aromatic rings. The number of aromatic nitrogens is 7. The van der Waals surface area contributed by atoms with Crippen LogP contribution in [0.5, 0.6) is 0 Å². The highest BCUT2D eigenvalue weighted by molar-refractivity contribution is 8.60. The topological polar surface area (TPSA) is 259 Å². The quantitative estimate of drug-likeness (QED) is 0.121. The Balaban J connectivity index is 1.14. The van der Waals surface area contributed by atoms with Crippen LogP contribution in [-0.2, 0) is 43.9 Å². The number of H-pyrrole nitrogens is 1. The van der Waals surface area contributed by atoms with Crippen molar-refractivity contribution in [2.45, 2.75) is 46.9 Å². The number of nitrogens with zero attached hydrogens (tertiary/aromatic N) is 6. The van der Waals surface area contributed by atoms with E-state index in [0.29, 0.717) is 16.9 Å². The van der Waals surface area contributed by atoms with Crippen molar-refractivity contribution in [1.29, 1.82) is 0 Å². The first-order chi connectivity index (χ1) is 21.8. The molecule has 2 unspecified atom stereocenters. The van der Waals surface area contributed by atoms with Crippen LogP contribution < -0.4 is 17.0 Å². The fourth-order valence-electron chi connectivity index (χ4n) is 6.05. The van der Waals surface area contributed by atoms with Crippen LogP contribution in [0.4, 0.5) is 11.6 Å². The summed E-state index contributed by atoms with van der Waals surface area (Å²) in [4.78, 5) is 42.8. The van der Waals surface area contributed by atoms with Crippen molar-refractivity contribution in [2.24, 2.45) is 0 Å². The molecule has 24 heteroatoms. The van der Waals surface area contributed by atoms with Crippen LogP contribution in [0.3, 0.4) is 0 Å². The van der Waals surface area contributed by atoms with Gasteiger partial charge in [-0.2, -0.15) is 4.98 Å². The lowest BCUT2D eigenvalue weighted by atomic mass is 10.0. The van der Waals surface area contributed by atoms with E-state index in [1.165, 1.54) is 23.4 Å². The van der Waals surface area contributed by atoms with Crippen LogP contribution in [0.15, 0.2) is 29.7 Å².